The number of rotatable bonds is 8. The van der Waals surface area contributed by atoms with Crippen molar-refractivity contribution in [2.45, 2.75) is 19.4 Å². The zero-order chi connectivity index (χ0) is 21.3. The molecule has 0 aliphatic heterocycles. The number of nitrogens with zero attached hydrogens (tertiary/aromatic N) is 1. The minimum Gasteiger partial charge on any atom is -0.481 e. The third-order valence-corrected chi connectivity index (χ3v) is 4.79. The lowest BCUT2D eigenvalue weighted by atomic mass is 10.1. The molecule has 0 aliphatic carbocycles. The van der Waals surface area contributed by atoms with Crippen LogP contribution in [-0.4, -0.2) is 31.5 Å². The van der Waals surface area contributed by atoms with Crippen molar-refractivity contribution < 1.29 is 14.3 Å². The third-order valence-electron chi connectivity index (χ3n) is 4.79. The Morgan fingerprint density at radius 3 is 2.20 bits per heavy atom. The number of benzene rings is 3. The van der Waals surface area contributed by atoms with Gasteiger partial charge in [0.25, 0.3) is 11.8 Å². The molecule has 3 rings (SSSR count). The summed E-state index contributed by atoms with van der Waals surface area (Å²) in [6, 6.07) is 26.3. The van der Waals surface area contributed by atoms with Gasteiger partial charge in [0.05, 0.1) is 11.3 Å². The van der Waals surface area contributed by atoms with Gasteiger partial charge in [-0.2, -0.15) is 0 Å². The number of hydrogen-bond acceptors (Lipinski definition) is 3. The molecule has 0 radical (unpaired) electrons. The van der Waals surface area contributed by atoms with Crippen molar-refractivity contribution in [2.75, 3.05) is 18.5 Å². The Labute approximate surface area is 177 Å². The van der Waals surface area contributed by atoms with Crippen LogP contribution in [0.15, 0.2) is 84.9 Å². The number of carbonyl (C=O) groups is 2. The molecule has 30 heavy (non-hydrogen) atoms. The first-order valence-corrected chi connectivity index (χ1v) is 9.96. The van der Waals surface area contributed by atoms with Crippen LogP contribution in [0.1, 0.15) is 22.8 Å². The van der Waals surface area contributed by atoms with Crippen LogP contribution in [0.5, 0.6) is 5.75 Å². The lowest BCUT2D eigenvalue weighted by Crippen LogP contribution is -2.39. The summed E-state index contributed by atoms with van der Waals surface area (Å²) in [5.41, 5.74) is 2.15. The van der Waals surface area contributed by atoms with E-state index in [4.69, 9.17) is 4.74 Å². The number of hydrogen-bond donors (Lipinski definition) is 1. The highest BCUT2D eigenvalue weighted by atomic mass is 16.5. The average molecular weight is 402 g/mol. The van der Waals surface area contributed by atoms with Crippen molar-refractivity contribution in [2.24, 2.45) is 0 Å². The van der Waals surface area contributed by atoms with Crippen LogP contribution in [0.25, 0.3) is 0 Å². The van der Waals surface area contributed by atoms with Crippen LogP contribution >= 0.6 is 0 Å². The van der Waals surface area contributed by atoms with Gasteiger partial charge in [-0.05, 0) is 43.2 Å². The van der Waals surface area contributed by atoms with Crippen LogP contribution in [0.4, 0.5) is 5.69 Å². The van der Waals surface area contributed by atoms with E-state index >= 15 is 0 Å². The molecule has 3 aromatic rings. The standard InChI is InChI=1S/C25H26N2O3/c1-19(30-21-13-7-4-8-14-21)25(29)27(2)23-16-10-9-15-22(23)24(28)26-18-17-20-11-5-3-6-12-20/h3-16,19H,17-18H2,1-2H3,(H,26,28). The van der Waals surface area contributed by atoms with Gasteiger partial charge in [0.1, 0.15) is 5.75 Å². The fraction of sp³-hybridized carbons (Fsp3) is 0.200. The van der Waals surface area contributed by atoms with Gasteiger partial charge in [-0.15, -0.1) is 0 Å². The topological polar surface area (TPSA) is 58.6 Å². The van der Waals surface area contributed by atoms with Crippen LogP contribution in [0.3, 0.4) is 0 Å². The summed E-state index contributed by atoms with van der Waals surface area (Å²) in [5.74, 6) is 0.180. The van der Waals surface area contributed by atoms with E-state index in [1.54, 1.807) is 44.3 Å². The normalized spacial score (nSPS) is 11.4. The van der Waals surface area contributed by atoms with Crippen molar-refractivity contribution in [1.82, 2.24) is 5.32 Å². The molecule has 0 saturated heterocycles. The molecule has 0 bridgehead atoms. The number of ether oxygens (including phenoxy) is 1. The van der Waals surface area contributed by atoms with E-state index in [2.05, 4.69) is 5.32 Å². The highest BCUT2D eigenvalue weighted by Gasteiger charge is 2.23. The van der Waals surface area contributed by atoms with E-state index in [0.29, 0.717) is 23.5 Å². The lowest BCUT2D eigenvalue weighted by molar-refractivity contribution is -0.124. The van der Waals surface area contributed by atoms with Gasteiger partial charge < -0.3 is 15.0 Å². The first-order valence-electron chi connectivity index (χ1n) is 9.96. The van der Waals surface area contributed by atoms with E-state index in [1.807, 2.05) is 54.6 Å². The maximum absolute atomic E-state index is 12.9. The number of amides is 2. The summed E-state index contributed by atoms with van der Waals surface area (Å²) >= 11 is 0. The Hall–Kier alpha value is -3.60. The molecule has 0 spiro atoms. The third kappa shape index (κ3) is 5.47. The van der Waals surface area contributed by atoms with Crippen LogP contribution < -0.4 is 15.0 Å². The van der Waals surface area contributed by atoms with Crippen LogP contribution in [0, 0.1) is 0 Å². The van der Waals surface area contributed by atoms with Gasteiger partial charge in [-0.25, -0.2) is 0 Å². The Bertz CT molecular complexity index is 974. The van der Waals surface area contributed by atoms with E-state index in [1.165, 1.54) is 4.90 Å². The van der Waals surface area contributed by atoms with Crippen molar-refractivity contribution in [3.05, 3.63) is 96.1 Å². The number of anilines is 1. The molecule has 1 unspecified atom stereocenters. The van der Waals surface area contributed by atoms with Crippen LogP contribution in [0.2, 0.25) is 0 Å². The average Bonchev–Trinajstić information content (AvgIpc) is 2.79. The summed E-state index contributed by atoms with van der Waals surface area (Å²) in [5, 5.41) is 2.94. The van der Waals surface area contributed by atoms with Gasteiger partial charge in [0, 0.05) is 13.6 Å². The summed E-state index contributed by atoms with van der Waals surface area (Å²) in [6.45, 7) is 2.22. The molecule has 1 atom stereocenters. The fourth-order valence-electron chi connectivity index (χ4n) is 3.16. The maximum Gasteiger partial charge on any atom is 0.267 e. The molecule has 2 amide bonds. The van der Waals surface area contributed by atoms with Crippen molar-refractivity contribution in [3.8, 4) is 5.75 Å². The minimum absolute atomic E-state index is 0.210. The van der Waals surface area contributed by atoms with Gasteiger partial charge >= 0.3 is 0 Å². The Kier molecular flexibility index (Phi) is 7.22. The first-order chi connectivity index (χ1) is 14.6. The summed E-state index contributed by atoms with van der Waals surface area (Å²) in [6.07, 6.45) is 0.0532. The van der Waals surface area contributed by atoms with E-state index < -0.39 is 6.10 Å². The Balaban J connectivity index is 1.65. The zero-order valence-electron chi connectivity index (χ0n) is 17.2. The SMILES string of the molecule is CC(Oc1ccccc1)C(=O)N(C)c1ccccc1C(=O)NCCc1ccccc1. The highest BCUT2D eigenvalue weighted by Crippen LogP contribution is 2.21. The van der Waals surface area contributed by atoms with E-state index in [0.717, 1.165) is 12.0 Å². The molecule has 1 N–H and O–H groups in total. The predicted molar refractivity (Wildman–Crippen MR) is 119 cm³/mol. The molecule has 0 saturated carbocycles. The molecule has 0 aliphatic rings. The molecule has 5 heteroatoms. The van der Waals surface area contributed by atoms with Gasteiger partial charge in [-0.3, -0.25) is 9.59 Å². The zero-order valence-corrected chi connectivity index (χ0v) is 17.2. The predicted octanol–water partition coefficient (Wildman–Crippen LogP) is 4.09. The highest BCUT2D eigenvalue weighted by molar-refractivity contribution is 6.05. The van der Waals surface area contributed by atoms with Crippen molar-refractivity contribution >= 4 is 17.5 Å². The summed E-state index contributed by atoms with van der Waals surface area (Å²) in [4.78, 5) is 27.1. The van der Waals surface area contributed by atoms with Gasteiger partial charge in [0.15, 0.2) is 6.10 Å². The summed E-state index contributed by atoms with van der Waals surface area (Å²) < 4.78 is 5.74. The molecule has 0 heterocycles. The monoisotopic (exact) mass is 402 g/mol. The molecule has 0 fully saturated rings. The fourth-order valence-corrected chi connectivity index (χ4v) is 3.16. The van der Waals surface area contributed by atoms with E-state index in [9.17, 15) is 9.59 Å². The number of nitrogens with one attached hydrogen (secondary N) is 1. The van der Waals surface area contributed by atoms with Gasteiger partial charge in [-0.1, -0.05) is 60.7 Å². The lowest BCUT2D eigenvalue weighted by Gasteiger charge is -2.24. The van der Waals surface area contributed by atoms with Crippen molar-refractivity contribution in [1.29, 1.82) is 0 Å². The van der Waals surface area contributed by atoms with Gasteiger partial charge in [0.2, 0.25) is 0 Å². The van der Waals surface area contributed by atoms with Crippen LogP contribution in [-0.2, 0) is 11.2 Å². The summed E-state index contributed by atoms with van der Waals surface area (Å²) in [7, 11) is 1.66. The Morgan fingerprint density at radius 2 is 1.50 bits per heavy atom. The second kappa shape index (κ2) is 10.3. The van der Waals surface area contributed by atoms with Crippen molar-refractivity contribution in [3.63, 3.8) is 0 Å². The number of carbonyl (C=O) groups excluding carboxylic acids is 2. The quantitative estimate of drug-likeness (QED) is 0.617. The van der Waals surface area contributed by atoms with E-state index in [-0.39, 0.29) is 11.8 Å². The molecule has 3 aromatic carbocycles. The molecule has 5 nitrogen and oxygen atoms in total. The molecular weight excluding hydrogens is 376 g/mol. The molecule has 154 valence electrons. The Morgan fingerprint density at radius 1 is 0.900 bits per heavy atom. The minimum atomic E-state index is -0.688. The first kappa shape index (κ1) is 21.1. The number of para-hydroxylation sites is 2. The molecular formula is C25H26N2O3. The largest absolute Gasteiger partial charge is 0.481 e. The number of likely N-dealkylation sites (N-methyl/N-ethyl adjacent to an activating group) is 1. The molecule has 0 aromatic heterocycles. The maximum atomic E-state index is 12.9. The smallest absolute Gasteiger partial charge is 0.267 e. The second-order valence-electron chi connectivity index (χ2n) is 6.98. The second-order valence-corrected chi connectivity index (χ2v) is 6.98.